The van der Waals surface area contributed by atoms with Gasteiger partial charge >= 0.3 is 0 Å². The van der Waals surface area contributed by atoms with Crippen molar-refractivity contribution in [2.75, 3.05) is 32.8 Å². The van der Waals surface area contributed by atoms with Crippen LogP contribution in [0.25, 0.3) is 0 Å². The first-order valence-electron chi connectivity index (χ1n) is 8.58. The molecule has 0 spiro atoms. The molecule has 3 fully saturated rings. The molecule has 3 aliphatic rings. The summed E-state index contributed by atoms with van der Waals surface area (Å²) in [7, 11) is 0. The van der Waals surface area contributed by atoms with Gasteiger partial charge in [0, 0.05) is 25.4 Å². The minimum Gasteiger partial charge on any atom is -0.376 e. The van der Waals surface area contributed by atoms with Crippen molar-refractivity contribution >= 4 is 0 Å². The number of nitrogens with one attached hydrogen (secondary N) is 1. The maximum absolute atomic E-state index is 10.8. The number of piperidine rings is 3. The second kappa shape index (κ2) is 8.69. The maximum atomic E-state index is 10.8. The summed E-state index contributed by atoms with van der Waals surface area (Å²) in [5, 5.41) is 10.8. The molecule has 22 heavy (non-hydrogen) atoms. The lowest BCUT2D eigenvalue weighted by molar-refractivity contribution is -0.0713. The molecule has 0 saturated carbocycles. The lowest BCUT2D eigenvalue weighted by atomic mass is 9.75. The highest BCUT2D eigenvalue weighted by Crippen LogP contribution is 2.35. The van der Waals surface area contributed by atoms with E-state index >= 15 is 0 Å². The molecule has 3 heterocycles. The lowest BCUT2D eigenvalue weighted by Crippen LogP contribution is -2.58. The van der Waals surface area contributed by atoms with Gasteiger partial charge in [0.15, 0.2) is 0 Å². The van der Waals surface area contributed by atoms with Crippen LogP contribution in [0.4, 0.5) is 0 Å². The van der Waals surface area contributed by atoms with Gasteiger partial charge in [0.05, 0.1) is 6.61 Å². The third-order valence-electron chi connectivity index (χ3n) is 4.82. The number of rotatable bonds is 8. The molecule has 0 aromatic heterocycles. The van der Waals surface area contributed by atoms with E-state index < -0.39 is 5.60 Å². The number of allylic oxidation sites excluding steroid dienone is 1. The van der Waals surface area contributed by atoms with E-state index in [2.05, 4.69) is 28.8 Å². The third-order valence-corrected chi connectivity index (χ3v) is 4.82. The van der Waals surface area contributed by atoms with Crippen LogP contribution in [0.5, 0.6) is 0 Å². The number of aliphatic hydroxyl groups is 1. The molecule has 3 saturated heterocycles. The Hall–Kier alpha value is -0.860. The summed E-state index contributed by atoms with van der Waals surface area (Å²) in [5.74, 6) is 7.30. The van der Waals surface area contributed by atoms with Crippen LogP contribution in [0.15, 0.2) is 12.7 Å². The van der Waals surface area contributed by atoms with Crippen LogP contribution in [-0.2, 0) is 4.84 Å². The summed E-state index contributed by atoms with van der Waals surface area (Å²) in [4.78, 5) is 7.49. The molecule has 2 bridgehead atoms. The first kappa shape index (κ1) is 17.5. The summed E-state index contributed by atoms with van der Waals surface area (Å²) in [6.07, 6.45) is 6.90. The molecule has 2 N–H and O–H groups in total. The Labute approximate surface area is 134 Å². The highest BCUT2D eigenvalue weighted by atomic mass is 16.6. The van der Waals surface area contributed by atoms with Gasteiger partial charge < -0.3 is 9.94 Å². The van der Waals surface area contributed by atoms with Gasteiger partial charge in [0.25, 0.3) is 0 Å². The fraction of sp³-hybridized carbons (Fsp3) is 0.778. The molecule has 0 aromatic carbocycles. The van der Waals surface area contributed by atoms with Crippen molar-refractivity contribution in [3.05, 3.63) is 12.7 Å². The van der Waals surface area contributed by atoms with E-state index in [4.69, 9.17) is 4.84 Å². The van der Waals surface area contributed by atoms with Gasteiger partial charge in [-0.05, 0) is 51.6 Å². The van der Waals surface area contributed by atoms with Crippen LogP contribution >= 0.6 is 0 Å². The number of hydroxylamine groups is 1. The zero-order valence-corrected chi connectivity index (χ0v) is 13.8. The quantitative estimate of drug-likeness (QED) is 0.311. The Morgan fingerprint density at radius 3 is 2.86 bits per heavy atom. The largest absolute Gasteiger partial charge is 0.376 e. The molecule has 3 aliphatic heterocycles. The molecule has 4 heteroatoms. The summed E-state index contributed by atoms with van der Waals surface area (Å²) >= 11 is 0. The normalized spacial score (nSPS) is 31.4. The molecule has 2 unspecified atom stereocenters. The Morgan fingerprint density at radius 1 is 1.50 bits per heavy atom. The monoisotopic (exact) mass is 306 g/mol. The molecule has 2 atom stereocenters. The molecule has 0 amide bonds. The Kier molecular flexibility index (Phi) is 6.91. The van der Waals surface area contributed by atoms with Gasteiger partial charge in [-0.15, -0.1) is 6.58 Å². The van der Waals surface area contributed by atoms with Gasteiger partial charge in [0.1, 0.15) is 5.60 Å². The predicted molar refractivity (Wildman–Crippen MR) is 89.1 cm³/mol. The van der Waals surface area contributed by atoms with E-state index in [0.29, 0.717) is 18.4 Å². The topological polar surface area (TPSA) is 44.7 Å². The van der Waals surface area contributed by atoms with Crippen LogP contribution in [0.1, 0.15) is 39.0 Å². The maximum Gasteiger partial charge on any atom is 0.140 e. The first-order valence-corrected chi connectivity index (χ1v) is 8.58. The Bertz CT molecular complexity index is 407. The zero-order chi connectivity index (χ0) is 15.8. The van der Waals surface area contributed by atoms with Crippen molar-refractivity contribution in [3.8, 4) is 11.8 Å². The third kappa shape index (κ3) is 4.82. The Balaban J connectivity index is 1.82. The van der Waals surface area contributed by atoms with Gasteiger partial charge in [0.2, 0.25) is 0 Å². The number of hydrogen-bond acceptors (Lipinski definition) is 4. The van der Waals surface area contributed by atoms with E-state index in [9.17, 15) is 5.11 Å². The van der Waals surface area contributed by atoms with E-state index in [1.54, 1.807) is 0 Å². The lowest BCUT2D eigenvalue weighted by Gasteiger charge is -2.47. The molecule has 0 radical (unpaired) electrons. The van der Waals surface area contributed by atoms with Crippen LogP contribution < -0.4 is 5.48 Å². The number of hydrogen-bond donors (Lipinski definition) is 2. The highest BCUT2D eigenvalue weighted by molar-refractivity contribution is 5.20. The second-order valence-electron chi connectivity index (χ2n) is 6.49. The van der Waals surface area contributed by atoms with Crippen LogP contribution in [-0.4, -0.2) is 48.4 Å². The van der Waals surface area contributed by atoms with E-state index in [1.807, 2.05) is 13.0 Å². The molecule has 0 aliphatic carbocycles. The summed E-state index contributed by atoms with van der Waals surface area (Å²) in [6.45, 7) is 10.3. The van der Waals surface area contributed by atoms with Crippen molar-refractivity contribution in [3.63, 3.8) is 0 Å². The van der Waals surface area contributed by atoms with Crippen molar-refractivity contribution in [2.45, 2.75) is 44.6 Å². The van der Waals surface area contributed by atoms with Gasteiger partial charge in [-0.2, -0.15) is 0 Å². The molecular weight excluding hydrogens is 276 g/mol. The average Bonchev–Trinajstić information content (AvgIpc) is 2.52. The standard InChI is InChI=1S/C18H30N2O2/c1-3-6-16(8-12-19-22-4-2)7-5-11-18(21)15-20-13-9-17(18)10-14-20/h3,16-17,19,21H,1,4,6-10,12-15H2,2H3. The fourth-order valence-electron chi connectivity index (χ4n) is 3.50. The van der Waals surface area contributed by atoms with E-state index in [0.717, 1.165) is 58.3 Å². The van der Waals surface area contributed by atoms with Crippen LogP contribution in [0.3, 0.4) is 0 Å². The molecule has 124 valence electrons. The highest BCUT2D eigenvalue weighted by Gasteiger charge is 2.44. The van der Waals surface area contributed by atoms with Gasteiger partial charge in [-0.25, -0.2) is 5.48 Å². The minimum atomic E-state index is -0.779. The zero-order valence-electron chi connectivity index (χ0n) is 13.8. The van der Waals surface area contributed by atoms with Crippen LogP contribution in [0, 0.1) is 23.7 Å². The fourth-order valence-corrected chi connectivity index (χ4v) is 3.50. The smallest absolute Gasteiger partial charge is 0.140 e. The van der Waals surface area contributed by atoms with E-state index in [-0.39, 0.29) is 0 Å². The van der Waals surface area contributed by atoms with Gasteiger partial charge in [-0.3, -0.25) is 4.90 Å². The summed E-state index contributed by atoms with van der Waals surface area (Å²) in [6, 6.07) is 0. The first-order chi connectivity index (χ1) is 10.7. The SMILES string of the molecule is C=CCC(CC#CC1(O)CN2CCC1CC2)CCNOCC. The summed E-state index contributed by atoms with van der Waals surface area (Å²) in [5.41, 5.74) is 2.18. The molecular formula is C18H30N2O2. The number of fused-ring (bicyclic) bond motifs is 3. The minimum absolute atomic E-state index is 0.363. The molecule has 0 aromatic rings. The van der Waals surface area contributed by atoms with E-state index in [1.165, 1.54) is 0 Å². The van der Waals surface area contributed by atoms with Crippen LogP contribution in [0.2, 0.25) is 0 Å². The molecule has 3 rings (SSSR count). The number of nitrogens with zero attached hydrogens (tertiary/aromatic N) is 1. The second-order valence-corrected chi connectivity index (χ2v) is 6.49. The molecule has 4 nitrogen and oxygen atoms in total. The Morgan fingerprint density at radius 2 is 2.27 bits per heavy atom. The van der Waals surface area contributed by atoms with Crippen molar-refractivity contribution < 1.29 is 9.94 Å². The average molecular weight is 306 g/mol. The van der Waals surface area contributed by atoms with Crippen molar-refractivity contribution in [1.29, 1.82) is 0 Å². The van der Waals surface area contributed by atoms with Gasteiger partial charge in [-0.1, -0.05) is 17.9 Å². The predicted octanol–water partition coefficient (Wildman–Crippen LogP) is 1.96. The van der Waals surface area contributed by atoms with Crippen molar-refractivity contribution in [1.82, 2.24) is 10.4 Å². The summed E-state index contributed by atoms with van der Waals surface area (Å²) < 4.78 is 0. The van der Waals surface area contributed by atoms with Crippen molar-refractivity contribution in [2.24, 2.45) is 11.8 Å².